The molecule has 0 N–H and O–H groups in total. The number of esters is 1. The molecule has 1 fully saturated rings. The highest BCUT2D eigenvalue weighted by molar-refractivity contribution is 5.74. The second kappa shape index (κ2) is 5.11. The zero-order chi connectivity index (χ0) is 12.3. The van der Waals surface area contributed by atoms with Gasteiger partial charge in [0.25, 0.3) is 5.92 Å². The van der Waals surface area contributed by atoms with Crippen LogP contribution in [0.5, 0.6) is 0 Å². The van der Waals surface area contributed by atoms with E-state index in [0.29, 0.717) is 12.8 Å². The maximum atomic E-state index is 14.0. The fourth-order valence-corrected chi connectivity index (χ4v) is 2.41. The van der Waals surface area contributed by atoms with Crippen LogP contribution in [0.1, 0.15) is 40.0 Å². The number of halogens is 2. The van der Waals surface area contributed by atoms with E-state index in [1.165, 1.54) is 6.92 Å². The Labute approximate surface area is 95.4 Å². The lowest BCUT2D eigenvalue weighted by Crippen LogP contribution is -2.43. The fraction of sp³-hybridized carbons (Fsp3) is 0.917. The van der Waals surface area contributed by atoms with Crippen molar-refractivity contribution in [2.45, 2.75) is 46.0 Å². The van der Waals surface area contributed by atoms with Crippen molar-refractivity contribution in [2.75, 3.05) is 6.61 Å². The number of carbonyl (C=O) groups excluding carboxylic acids is 1. The van der Waals surface area contributed by atoms with Crippen LogP contribution >= 0.6 is 0 Å². The lowest BCUT2D eigenvalue weighted by Gasteiger charge is -2.30. The summed E-state index contributed by atoms with van der Waals surface area (Å²) in [5.74, 6) is -6.01. The van der Waals surface area contributed by atoms with Crippen LogP contribution in [0, 0.1) is 17.8 Å². The van der Waals surface area contributed by atoms with Crippen molar-refractivity contribution in [3.63, 3.8) is 0 Å². The van der Waals surface area contributed by atoms with Gasteiger partial charge in [0.2, 0.25) is 0 Å². The second-order valence-corrected chi connectivity index (χ2v) is 4.71. The van der Waals surface area contributed by atoms with Gasteiger partial charge in [-0.25, -0.2) is 8.78 Å². The Balaban J connectivity index is 2.93. The third-order valence-corrected chi connectivity index (χ3v) is 3.48. The first kappa shape index (κ1) is 13.4. The summed E-state index contributed by atoms with van der Waals surface area (Å²) in [6.07, 6.45) is 1.91. The summed E-state index contributed by atoms with van der Waals surface area (Å²) in [4.78, 5) is 11.6. The van der Waals surface area contributed by atoms with Gasteiger partial charge >= 0.3 is 5.97 Å². The van der Waals surface area contributed by atoms with Gasteiger partial charge in [-0.3, -0.25) is 4.79 Å². The highest BCUT2D eigenvalue weighted by atomic mass is 19.3. The Kier molecular flexibility index (Phi) is 4.28. The van der Waals surface area contributed by atoms with Crippen LogP contribution in [0.4, 0.5) is 8.78 Å². The minimum atomic E-state index is -2.94. The van der Waals surface area contributed by atoms with Gasteiger partial charge < -0.3 is 4.74 Å². The minimum absolute atomic E-state index is 0.159. The number of alkyl halides is 2. The zero-order valence-electron chi connectivity index (χ0n) is 10.1. The number of hydrogen-bond donors (Lipinski definition) is 0. The molecule has 1 saturated carbocycles. The molecule has 1 aliphatic rings. The van der Waals surface area contributed by atoms with Crippen LogP contribution in [-0.4, -0.2) is 18.5 Å². The van der Waals surface area contributed by atoms with Crippen molar-refractivity contribution in [2.24, 2.45) is 17.8 Å². The van der Waals surface area contributed by atoms with E-state index in [0.717, 1.165) is 6.42 Å². The van der Waals surface area contributed by atoms with E-state index >= 15 is 0 Å². The lowest BCUT2D eigenvalue weighted by molar-refractivity contribution is -0.174. The fourth-order valence-electron chi connectivity index (χ4n) is 2.41. The molecule has 0 radical (unpaired) electrons. The highest BCUT2D eigenvalue weighted by Gasteiger charge is 2.52. The van der Waals surface area contributed by atoms with Crippen LogP contribution in [0.15, 0.2) is 0 Å². The van der Waals surface area contributed by atoms with E-state index in [2.05, 4.69) is 0 Å². The first-order valence-electron chi connectivity index (χ1n) is 5.95. The molecular weight excluding hydrogens is 214 g/mol. The predicted molar refractivity (Wildman–Crippen MR) is 57.2 cm³/mol. The van der Waals surface area contributed by atoms with Gasteiger partial charge in [-0.2, -0.15) is 0 Å². The summed E-state index contributed by atoms with van der Waals surface area (Å²) in [6, 6.07) is 0. The van der Waals surface area contributed by atoms with Crippen molar-refractivity contribution in [1.82, 2.24) is 0 Å². The molecule has 0 amide bonds. The summed E-state index contributed by atoms with van der Waals surface area (Å²) in [5.41, 5.74) is 0. The molecule has 94 valence electrons. The van der Waals surface area contributed by atoms with Gasteiger partial charge in [0, 0.05) is 5.92 Å². The third kappa shape index (κ3) is 2.53. The number of carbonyl (C=O) groups is 1. The molecule has 0 aliphatic heterocycles. The Morgan fingerprint density at radius 2 is 2.00 bits per heavy atom. The van der Waals surface area contributed by atoms with Crippen molar-refractivity contribution in [3.05, 3.63) is 0 Å². The monoisotopic (exact) mass is 234 g/mol. The Morgan fingerprint density at radius 3 is 2.56 bits per heavy atom. The quantitative estimate of drug-likeness (QED) is 0.541. The molecule has 0 aromatic carbocycles. The molecule has 1 rings (SSSR count). The minimum Gasteiger partial charge on any atom is -0.466 e. The lowest BCUT2D eigenvalue weighted by atomic mass is 9.83. The summed E-state index contributed by atoms with van der Waals surface area (Å²) in [5, 5.41) is 0. The first-order chi connectivity index (χ1) is 7.41. The maximum Gasteiger partial charge on any atom is 0.315 e. The average molecular weight is 234 g/mol. The van der Waals surface area contributed by atoms with Crippen LogP contribution in [0.3, 0.4) is 0 Å². The molecule has 3 atom stereocenters. The molecular formula is C12H20F2O2. The smallest absolute Gasteiger partial charge is 0.315 e. The molecule has 0 saturated heterocycles. The summed E-state index contributed by atoms with van der Waals surface area (Å²) >= 11 is 0. The van der Waals surface area contributed by atoms with Gasteiger partial charge in [0.1, 0.15) is 5.92 Å². The largest absolute Gasteiger partial charge is 0.466 e. The first-order valence-corrected chi connectivity index (χ1v) is 5.95. The summed E-state index contributed by atoms with van der Waals surface area (Å²) < 4.78 is 32.9. The highest BCUT2D eigenvalue weighted by Crippen LogP contribution is 2.44. The van der Waals surface area contributed by atoms with Crippen molar-refractivity contribution < 1.29 is 18.3 Å². The topological polar surface area (TPSA) is 26.3 Å². The Hall–Kier alpha value is -0.670. The summed E-state index contributed by atoms with van der Waals surface area (Å²) in [6.45, 7) is 5.03. The van der Waals surface area contributed by atoms with E-state index < -0.39 is 23.7 Å². The van der Waals surface area contributed by atoms with Gasteiger partial charge in [-0.1, -0.05) is 20.3 Å². The van der Waals surface area contributed by atoms with E-state index in [1.54, 1.807) is 13.8 Å². The molecule has 4 heteroatoms. The molecule has 0 aromatic heterocycles. The van der Waals surface area contributed by atoms with Crippen molar-refractivity contribution in [3.8, 4) is 0 Å². The zero-order valence-corrected chi connectivity index (χ0v) is 10.1. The van der Waals surface area contributed by atoms with E-state index in [4.69, 9.17) is 4.74 Å². The maximum absolute atomic E-state index is 14.0. The van der Waals surface area contributed by atoms with Crippen molar-refractivity contribution in [1.29, 1.82) is 0 Å². The van der Waals surface area contributed by atoms with Crippen LogP contribution in [0.2, 0.25) is 0 Å². The van der Waals surface area contributed by atoms with Crippen LogP contribution < -0.4 is 0 Å². The van der Waals surface area contributed by atoms with Gasteiger partial charge in [-0.05, 0) is 25.7 Å². The number of rotatable bonds is 2. The molecule has 0 aromatic rings. The Morgan fingerprint density at radius 1 is 1.38 bits per heavy atom. The standard InChI is InChI=1S/C12H20F2O2/c1-4-16-11(15)10-8(2)6-5-7-9(3)12(10,13)14/h8-10H,4-7H2,1-3H3. The number of hydrogen-bond acceptors (Lipinski definition) is 2. The van der Waals surface area contributed by atoms with Crippen molar-refractivity contribution >= 4 is 5.97 Å². The summed E-state index contributed by atoms with van der Waals surface area (Å²) in [7, 11) is 0. The molecule has 0 spiro atoms. The molecule has 16 heavy (non-hydrogen) atoms. The van der Waals surface area contributed by atoms with Gasteiger partial charge in [-0.15, -0.1) is 0 Å². The van der Waals surface area contributed by atoms with Gasteiger partial charge in [0.15, 0.2) is 0 Å². The molecule has 0 heterocycles. The normalized spacial score (nSPS) is 34.2. The van der Waals surface area contributed by atoms with Crippen LogP contribution in [-0.2, 0) is 9.53 Å². The molecule has 0 bridgehead atoms. The average Bonchev–Trinajstić information content (AvgIpc) is 2.25. The van der Waals surface area contributed by atoms with Crippen LogP contribution in [0.25, 0.3) is 0 Å². The van der Waals surface area contributed by atoms with E-state index in [-0.39, 0.29) is 12.5 Å². The molecule has 3 unspecified atom stereocenters. The number of ether oxygens (including phenoxy) is 1. The predicted octanol–water partition coefficient (Wildman–Crippen LogP) is 3.26. The SMILES string of the molecule is CCOC(=O)C1C(C)CCCC(C)C1(F)F. The molecule has 1 aliphatic carbocycles. The van der Waals surface area contributed by atoms with E-state index in [1.807, 2.05) is 0 Å². The van der Waals surface area contributed by atoms with Gasteiger partial charge in [0.05, 0.1) is 6.61 Å². The van der Waals surface area contributed by atoms with E-state index in [9.17, 15) is 13.6 Å². The second-order valence-electron chi connectivity index (χ2n) is 4.71. The third-order valence-electron chi connectivity index (χ3n) is 3.48. The Bertz CT molecular complexity index is 253. The molecule has 2 nitrogen and oxygen atoms in total.